The van der Waals surface area contributed by atoms with Gasteiger partial charge in [-0.15, -0.1) is 0 Å². The van der Waals surface area contributed by atoms with Crippen LogP contribution in [0.4, 0.5) is 0 Å². The third kappa shape index (κ3) is 2.77. The van der Waals surface area contributed by atoms with E-state index in [2.05, 4.69) is 4.90 Å². The van der Waals surface area contributed by atoms with Crippen molar-refractivity contribution in [2.75, 3.05) is 20.1 Å². The van der Waals surface area contributed by atoms with E-state index in [4.69, 9.17) is 0 Å². The average molecular weight is 242 g/mol. The zero-order chi connectivity index (χ0) is 13.1. The molecule has 0 bridgehead atoms. The van der Waals surface area contributed by atoms with Gasteiger partial charge in [0.2, 0.25) is 6.41 Å². The highest BCUT2D eigenvalue weighted by molar-refractivity contribution is 5.81. The monoisotopic (exact) mass is 242 g/mol. The molecule has 1 heterocycles. The van der Waals surface area contributed by atoms with Crippen LogP contribution in [0, 0.1) is 0 Å². The zero-order valence-corrected chi connectivity index (χ0v) is 10.8. The minimum absolute atomic E-state index is 0.0907. The van der Waals surface area contributed by atoms with E-state index in [9.17, 15) is 14.7 Å². The SMILES string of the molecule is CC(C)N(C=O)C1(C(=O)O)CCCN(C)CC1. The fourth-order valence-electron chi connectivity index (χ4n) is 2.55. The van der Waals surface area contributed by atoms with Gasteiger partial charge in [-0.25, -0.2) is 4.79 Å². The van der Waals surface area contributed by atoms with Crippen LogP contribution in [0.15, 0.2) is 0 Å². The van der Waals surface area contributed by atoms with E-state index >= 15 is 0 Å². The van der Waals surface area contributed by atoms with Gasteiger partial charge in [0.1, 0.15) is 5.54 Å². The molecule has 0 saturated carbocycles. The van der Waals surface area contributed by atoms with Gasteiger partial charge in [-0.2, -0.15) is 0 Å². The molecule has 1 saturated heterocycles. The van der Waals surface area contributed by atoms with Crippen molar-refractivity contribution in [3.63, 3.8) is 0 Å². The predicted molar refractivity (Wildman–Crippen MR) is 64.8 cm³/mol. The minimum Gasteiger partial charge on any atom is -0.479 e. The highest BCUT2D eigenvalue weighted by Gasteiger charge is 2.45. The Kier molecular flexibility index (Phi) is 4.51. The smallest absolute Gasteiger partial charge is 0.329 e. The summed E-state index contributed by atoms with van der Waals surface area (Å²) in [5, 5.41) is 9.53. The molecule has 5 heteroatoms. The molecule has 98 valence electrons. The molecule has 0 aromatic carbocycles. The van der Waals surface area contributed by atoms with Gasteiger partial charge in [0.25, 0.3) is 0 Å². The van der Waals surface area contributed by atoms with Crippen LogP contribution >= 0.6 is 0 Å². The number of carboxylic acids is 1. The Morgan fingerprint density at radius 2 is 2.06 bits per heavy atom. The van der Waals surface area contributed by atoms with Gasteiger partial charge >= 0.3 is 5.97 Å². The van der Waals surface area contributed by atoms with E-state index in [0.29, 0.717) is 25.8 Å². The first kappa shape index (κ1) is 14.0. The van der Waals surface area contributed by atoms with E-state index in [1.54, 1.807) is 0 Å². The van der Waals surface area contributed by atoms with Gasteiger partial charge in [0.05, 0.1) is 0 Å². The summed E-state index contributed by atoms with van der Waals surface area (Å²) in [6.45, 7) is 5.31. The maximum atomic E-state index is 11.6. The van der Waals surface area contributed by atoms with Gasteiger partial charge in [-0.1, -0.05) is 0 Å². The normalized spacial score (nSPS) is 26.6. The first-order chi connectivity index (χ1) is 7.94. The van der Waals surface area contributed by atoms with Crippen molar-refractivity contribution in [1.29, 1.82) is 0 Å². The van der Waals surface area contributed by atoms with Crippen LogP contribution in [0.2, 0.25) is 0 Å². The van der Waals surface area contributed by atoms with Crippen LogP contribution in [0.3, 0.4) is 0 Å². The third-order valence-corrected chi connectivity index (χ3v) is 3.60. The quantitative estimate of drug-likeness (QED) is 0.740. The van der Waals surface area contributed by atoms with Gasteiger partial charge in [-0.3, -0.25) is 4.79 Å². The molecule has 1 N–H and O–H groups in total. The Morgan fingerprint density at radius 1 is 1.41 bits per heavy atom. The summed E-state index contributed by atoms with van der Waals surface area (Å²) in [6, 6.07) is -0.0907. The molecule has 0 aromatic heterocycles. The lowest BCUT2D eigenvalue weighted by atomic mass is 9.88. The lowest BCUT2D eigenvalue weighted by Gasteiger charge is -2.40. The van der Waals surface area contributed by atoms with Crippen molar-refractivity contribution in [2.45, 2.75) is 44.7 Å². The molecule has 17 heavy (non-hydrogen) atoms. The van der Waals surface area contributed by atoms with Gasteiger partial charge in [0.15, 0.2) is 0 Å². The van der Waals surface area contributed by atoms with Gasteiger partial charge in [-0.05, 0) is 46.7 Å². The maximum Gasteiger partial charge on any atom is 0.329 e. The molecule has 1 unspecified atom stereocenters. The van der Waals surface area contributed by atoms with Gasteiger partial charge < -0.3 is 14.9 Å². The Balaban J connectivity index is 3.02. The van der Waals surface area contributed by atoms with Crippen LogP contribution < -0.4 is 0 Å². The minimum atomic E-state index is -1.03. The third-order valence-electron chi connectivity index (χ3n) is 3.60. The summed E-state index contributed by atoms with van der Waals surface area (Å²) < 4.78 is 0. The standard InChI is InChI=1S/C12H22N2O3/c1-10(2)14(9-15)12(11(16)17)5-4-7-13(3)8-6-12/h9-10H,4-8H2,1-3H3,(H,16,17). The zero-order valence-electron chi connectivity index (χ0n) is 10.8. The molecule has 1 aliphatic rings. The van der Waals surface area contributed by atoms with Crippen molar-refractivity contribution in [2.24, 2.45) is 0 Å². The second-order valence-corrected chi connectivity index (χ2v) is 5.10. The molecule has 1 aliphatic heterocycles. The van der Waals surface area contributed by atoms with Crippen molar-refractivity contribution < 1.29 is 14.7 Å². The van der Waals surface area contributed by atoms with Crippen LogP contribution in [0.5, 0.6) is 0 Å². The van der Waals surface area contributed by atoms with E-state index in [-0.39, 0.29) is 6.04 Å². The molecule has 1 atom stereocenters. The Morgan fingerprint density at radius 3 is 2.53 bits per heavy atom. The summed E-state index contributed by atoms with van der Waals surface area (Å²) in [5.74, 6) is -0.881. The number of hydrogen-bond acceptors (Lipinski definition) is 3. The number of likely N-dealkylation sites (tertiary alicyclic amines) is 1. The largest absolute Gasteiger partial charge is 0.479 e. The number of aliphatic carboxylic acids is 1. The Hall–Kier alpha value is -1.10. The number of carbonyl (C=O) groups is 2. The molecular weight excluding hydrogens is 220 g/mol. The van der Waals surface area contributed by atoms with Crippen LogP contribution in [0.1, 0.15) is 33.1 Å². The molecule has 0 aromatic rings. The first-order valence-electron chi connectivity index (χ1n) is 6.09. The molecule has 0 aliphatic carbocycles. The first-order valence-corrected chi connectivity index (χ1v) is 6.09. The highest BCUT2D eigenvalue weighted by Crippen LogP contribution is 2.29. The maximum absolute atomic E-state index is 11.6. The topological polar surface area (TPSA) is 60.9 Å². The fraction of sp³-hybridized carbons (Fsp3) is 0.833. The van der Waals surface area contributed by atoms with E-state index in [0.717, 1.165) is 13.0 Å². The number of hydrogen-bond donors (Lipinski definition) is 1. The second-order valence-electron chi connectivity index (χ2n) is 5.10. The molecule has 0 radical (unpaired) electrons. The van der Waals surface area contributed by atoms with Crippen molar-refractivity contribution in [3.05, 3.63) is 0 Å². The molecular formula is C12H22N2O3. The summed E-state index contributed by atoms with van der Waals surface area (Å²) in [4.78, 5) is 26.4. The van der Waals surface area contributed by atoms with E-state index in [1.807, 2.05) is 20.9 Å². The van der Waals surface area contributed by atoms with Crippen molar-refractivity contribution >= 4 is 12.4 Å². The number of rotatable bonds is 4. The summed E-state index contributed by atoms with van der Waals surface area (Å²) in [7, 11) is 1.98. The summed E-state index contributed by atoms with van der Waals surface area (Å²) in [6.07, 6.45) is 2.52. The van der Waals surface area contributed by atoms with Gasteiger partial charge in [0, 0.05) is 12.6 Å². The van der Waals surface area contributed by atoms with Crippen LogP contribution in [-0.2, 0) is 9.59 Å². The predicted octanol–water partition coefficient (Wildman–Crippen LogP) is 0.792. The fourth-order valence-corrected chi connectivity index (χ4v) is 2.55. The summed E-state index contributed by atoms with van der Waals surface area (Å²) >= 11 is 0. The molecule has 1 fully saturated rings. The Labute approximate surface area is 102 Å². The number of nitrogens with zero attached hydrogens (tertiary/aromatic N) is 2. The number of carbonyl (C=O) groups excluding carboxylic acids is 1. The molecule has 0 spiro atoms. The molecule has 1 rings (SSSR count). The van der Waals surface area contributed by atoms with Crippen molar-refractivity contribution in [3.8, 4) is 0 Å². The highest BCUT2D eigenvalue weighted by atomic mass is 16.4. The van der Waals surface area contributed by atoms with Crippen LogP contribution in [0.25, 0.3) is 0 Å². The number of amides is 1. The lowest BCUT2D eigenvalue weighted by Crippen LogP contribution is -2.57. The second kappa shape index (κ2) is 5.49. The lowest BCUT2D eigenvalue weighted by molar-refractivity contribution is -0.158. The average Bonchev–Trinajstić information content (AvgIpc) is 2.42. The molecule has 1 amide bonds. The van der Waals surface area contributed by atoms with E-state index in [1.165, 1.54) is 4.90 Å². The van der Waals surface area contributed by atoms with E-state index < -0.39 is 11.5 Å². The van der Waals surface area contributed by atoms with Crippen LogP contribution in [-0.4, -0.2) is 59.0 Å². The summed E-state index contributed by atoms with van der Waals surface area (Å²) in [5.41, 5.74) is -1.03. The Bertz CT molecular complexity index is 293. The number of carboxylic acid groups (broad SMARTS) is 1. The van der Waals surface area contributed by atoms with Crippen molar-refractivity contribution in [1.82, 2.24) is 9.80 Å². The molecule has 5 nitrogen and oxygen atoms in total.